The lowest BCUT2D eigenvalue weighted by Gasteiger charge is -2.36. The molecule has 2 heterocycles. The van der Waals surface area contributed by atoms with E-state index in [0.29, 0.717) is 18.6 Å². The zero-order valence-electron chi connectivity index (χ0n) is 13.9. The maximum absolute atomic E-state index is 12.4. The van der Waals surface area contributed by atoms with Gasteiger partial charge >= 0.3 is 5.97 Å². The first-order valence-corrected chi connectivity index (χ1v) is 9.61. The standard InChI is InChI=1S/C15H21N3O6S/c1-25(22,23)17-7-4-12(5-8-17)18(10-15(20)21)14(19)11-24-13-3-2-6-16-9-13/h2-3,6,9,12H,4-5,7-8,10-11H2,1H3,(H,20,21). The minimum absolute atomic E-state index is 0.260. The molecule has 0 atom stereocenters. The Bertz CT molecular complexity index is 701. The zero-order chi connectivity index (χ0) is 18.4. The van der Waals surface area contributed by atoms with E-state index in [1.807, 2.05) is 0 Å². The van der Waals surface area contributed by atoms with Gasteiger partial charge < -0.3 is 14.7 Å². The number of carbonyl (C=O) groups excluding carboxylic acids is 1. The Balaban J connectivity index is 1.98. The molecular formula is C15H21N3O6S. The number of carbonyl (C=O) groups is 2. The Morgan fingerprint density at radius 3 is 2.60 bits per heavy atom. The summed E-state index contributed by atoms with van der Waals surface area (Å²) >= 11 is 0. The molecule has 1 aliphatic rings. The van der Waals surface area contributed by atoms with Crippen LogP contribution >= 0.6 is 0 Å². The van der Waals surface area contributed by atoms with Gasteiger partial charge in [-0.2, -0.15) is 0 Å². The molecule has 1 aromatic heterocycles. The molecule has 0 saturated carbocycles. The molecule has 138 valence electrons. The van der Waals surface area contributed by atoms with E-state index >= 15 is 0 Å². The minimum atomic E-state index is -3.28. The largest absolute Gasteiger partial charge is 0.482 e. The van der Waals surface area contributed by atoms with E-state index in [1.165, 1.54) is 15.4 Å². The highest BCUT2D eigenvalue weighted by molar-refractivity contribution is 7.88. The number of hydrogen-bond donors (Lipinski definition) is 1. The fourth-order valence-corrected chi connectivity index (χ4v) is 3.59. The molecule has 0 aromatic carbocycles. The molecule has 10 heteroatoms. The SMILES string of the molecule is CS(=O)(=O)N1CCC(N(CC(=O)O)C(=O)COc2cccnc2)CC1. The molecule has 0 bridgehead atoms. The van der Waals surface area contributed by atoms with E-state index in [4.69, 9.17) is 9.84 Å². The van der Waals surface area contributed by atoms with Crippen molar-refractivity contribution in [3.05, 3.63) is 24.5 Å². The molecule has 9 nitrogen and oxygen atoms in total. The average Bonchev–Trinajstić information content (AvgIpc) is 2.58. The van der Waals surface area contributed by atoms with Crippen LogP contribution in [-0.4, -0.2) is 78.1 Å². The molecule has 0 spiro atoms. The molecule has 0 aliphatic carbocycles. The first-order chi connectivity index (χ1) is 11.8. The lowest BCUT2D eigenvalue weighted by Crippen LogP contribution is -2.51. The van der Waals surface area contributed by atoms with Crippen LogP contribution in [0.25, 0.3) is 0 Å². The monoisotopic (exact) mass is 371 g/mol. The number of amides is 1. The van der Waals surface area contributed by atoms with Gasteiger partial charge in [0, 0.05) is 25.3 Å². The van der Waals surface area contributed by atoms with Crippen LogP contribution in [0.5, 0.6) is 5.75 Å². The summed E-state index contributed by atoms with van der Waals surface area (Å²) in [6.45, 7) is -0.225. The number of rotatable bonds is 7. The summed E-state index contributed by atoms with van der Waals surface area (Å²) in [7, 11) is -3.28. The Hall–Kier alpha value is -2.20. The van der Waals surface area contributed by atoms with E-state index in [2.05, 4.69) is 4.98 Å². The van der Waals surface area contributed by atoms with Gasteiger partial charge in [0.15, 0.2) is 6.61 Å². The fourth-order valence-electron chi connectivity index (χ4n) is 2.71. The van der Waals surface area contributed by atoms with Gasteiger partial charge in [-0.25, -0.2) is 12.7 Å². The van der Waals surface area contributed by atoms with Crippen LogP contribution in [0.1, 0.15) is 12.8 Å². The van der Waals surface area contributed by atoms with Crippen LogP contribution in [0.3, 0.4) is 0 Å². The van der Waals surface area contributed by atoms with Crippen molar-refractivity contribution < 1.29 is 27.9 Å². The second kappa shape index (κ2) is 8.26. The van der Waals surface area contributed by atoms with Gasteiger partial charge in [-0.15, -0.1) is 0 Å². The highest BCUT2D eigenvalue weighted by Crippen LogP contribution is 2.19. The van der Waals surface area contributed by atoms with Crippen molar-refractivity contribution in [1.29, 1.82) is 0 Å². The topological polar surface area (TPSA) is 117 Å². The molecule has 0 radical (unpaired) electrons. The normalized spacial score (nSPS) is 16.4. The number of ether oxygens (including phenoxy) is 1. The van der Waals surface area contributed by atoms with Crippen molar-refractivity contribution >= 4 is 21.9 Å². The van der Waals surface area contributed by atoms with Crippen molar-refractivity contribution in [2.24, 2.45) is 0 Å². The van der Waals surface area contributed by atoms with Crippen LogP contribution in [0.4, 0.5) is 0 Å². The van der Waals surface area contributed by atoms with Crippen molar-refractivity contribution in [1.82, 2.24) is 14.2 Å². The summed E-state index contributed by atoms with van der Waals surface area (Å²) in [5.41, 5.74) is 0. The second-order valence-electron chi connectivity index (χ2n) is 5.79. The number of aromatic nitrogens is 1. The summed E-state index contributed by atoms with van der Waals surface area (Å²) in [5.74, 6) is -1.16. The first kappa shape index (κ1) is 19.1. The fraction of sp³-hybridized carbons (Fsp3) is 0.533. The van der Waals surface area contributed by atoms with Gasteiger partial charge in [-0.3, -0.25) is 14.6 Å². The lowest BCUT2D eigenvalue weighted by atomic mass is 10.0. The Kier molecular flexibility index (Phi) is 6.32. The highest BCUT2D eigenvalue weighted by Gasteiger charge is 2.32. The van der Waals surface area contributed by atoms with E-state index in [9.17, 15) is 18.0 Å². The third kappa shape index (κ3) is 5.68. The highest BCUT2D eigenvalue weighted by atomic mass is 32.2. The van der Waals surface area contributed by atoms with Gasteiger partial charge in [0.2, 0.25) is 10.0 Å². The van der Waals surface area contributed by atoms with Crippen molar-refractivity contribution in [2.45, 2.75) is 18.9 Å². The van der Waals surface area contributed by atoms with Crippen LogP contribution in [0.2, 0.25) is 0 Å². The summed E-state index contributed by atoms with van der Waals surface area (Å²) in [4.78, 5) is 28.6. The third-order valence-electron chi connectivity index (χ3n) is 3.96. The maximum Gasteiger partial charge on any atom is 0.323 e. The number of sulfonamides is 1. The van der Waals surface area contributed by atoms with E-state index in [-0.39, 0.29) is 25.7 Å². The molecule has 2 rings (SSSR count). The van der Waals surface area contributed by atoms with E-state index < -0.39 is 28.4 Å². The zero-order valence-corrected chi connectivity index (χ0v) is 14.7. The number of aliphatic carboxylic acids is 1. The average molecular weight is 371 g/mol. The summed E-state index contributed by atoms with van der Waals surface area (Å²) < 4.78 is 29.8. The van der Waals surface area contributed by atoms with Crippen LogP contribution in [0.15, 0.2) is 24.5 Å². The molecule has 0 unspecified atom stereocenters. The van der Waals surface area contributed by atoms with Crippen LogP contribution in [0, 0.1) is 0 Å². The Morgan fingerprint density at radius 2 is 2.08 bits per heavy atom. The smallest absolute Gasteiger partial charge is 0.323 e. The van der Waals surface area contributed by atoms with Crippen molar-refractivity contribution in [3.63, 3.8) is 0 Å². The molecule has 1 saturated heterocycles. The van der Waals surface area contributed by atoms with E-state index in [0.717, 1.165) is 6.26 Å². The van der Waals surface area contributed by atoms with Gasteiger partial charge in [0.25, 0.3) is 5.91 Å². The summed E-state index contributed by atoms with van der Waals surface area (Å²) in [6.07, 6.45) is 4.94. The van der Waals surface area contributed by atoms with Gasteiger partial charge in [-0.1, -0.05) is 0 Å². The predicted octanol–water partition coefficient (Wildman–Crippen LogP) is -0.202. The van der Waals surface area contributed by atoms with Gasteiger partial charge in [-0.05, 0) is 25.0 Å². The third-order valence-corrected chi connectivity index (χ3v) is 5.26. The minimum Gasteiger partial charge on any atom is -0.482 e. The Labute approximate surface area is 146 Å². The first-order valence-electron chi connectivity index (χ1n) is 7.76. The molecule has 1 aromatic rings. The number of carboxylic acid groups (broad SMARTS) is 1. The van der Waals surface area contributed by atoms with Crippen LogP contribution < -0.4 is 4.74 Å². The molecular weight excluding hydrogens is 350 g/mol. The number of piperidine rings is 1. The van der Waals surface area contributed by atoms with Crippen molar-refractivity contribution in [2.75, 3.05) is 32.5 Å². The molecule has 1 aliphatic heterocycles. The lowest BCUT2D eigenvalue weighted by molar-refractivity contribution is -0.147. The molecule has 1 amide bonds. The Morgan fingerprint density at radius 1 is 1.40 bits per heavy atom. The summed E-state index contributed by atoms with van der Waals surface area (Å²) in [5, 5.41) is 9.08. The number of hydrogen-bond acceptors (Lipinski definition) is 6. The second-order valence-corrected chi connectivity index (χ2v) is 7.77. The molecule has 1 fully saturated rings. The molecule has 25 heavy (non-hydrogen) atoms. The van der Waals surface area contributed by atoms with Gasteiger partial charge in [0.05, 0.1) is 12.5 Å². The number of carboxylic acids is 1. The predicted molar refractivity (Wildman–Crippen MR) is 88.5 cm³/mol. The van der Waals surface area contributed by atoms with E-state index in [1.54, 1.807) is 18.3 Å². The van der Waals surface area contributed by atoms with Crippen LogP contribution in [-0.2, 0) is 19.6 Å². The maximum atomic E-state index is 12.4. The number of nitrogens with zero attached hydrogens (tertiary/aromatic N) is 3. The quantitative estimate of drug-likeness (QED) is 0.705. The molecule has 1 N–H and O–H groups in total. The van der Waals surface area contributed by atoms with Gasteiger partial charge in [0.1, 0.15) is 12.3 Å². The van der Waals surface area contributed by atoms with Crippen molar-refractivity contribution in [3.8, 4) is 5.75 Å². The summed E-state index contributed by atoms with van der Waals surface area (Å²) in [6, 6.07) is 2.97. The number of pyridine rings is 1.